The summed E-state index contributed by atoms with van der Waals surface area (Å²) in [6.45, 7) is 3.75. The number of phenolic OH excluding ortho intramolecular Hbond substituents is 1. The summed E-state index contributed by atoms with van der Waals surface area (Å²) in [6.07, 6.45) is 5.11. The number of carbonyl (C=O) groups is 4. The SMILES string of the molecule is CC(C)CC(NC(=O)C(Cc1c[nH]c2ccccc12)NC(=O)C(N)Cc1ccc(O)cc1)C(=O)NC(Cc1cnc[nH]1)C(=O)O. The molecule has 2 aromatic heterocycles. The maximum atomic E-state index is 13.8. The molecular formula is C32H39N7O6. The van der Waals surface area contributed by atoms with Crippen LogP contribution in [0.25, 0.3) is 10.9 Å². The molecule has 238 valence electrons. The van der Waals surface area contributed by atoms with E-state index in [1.807, 2.05) is 38.1 Å². The van der Waals surface area contributed by atoms with Crippen molar-refractivity contribution in [2.75, 3.05) is 0 Å². The minimum atomic E-state index is -1.26. The van der Waals surface area contributed by atoms with E-state index in [0.717, 1.165) is 22.0 Å². The van der Waals surface area contributed by atoms with Gasteiger partial charge in [-0.15, -0.1) is 0 Å². The molecule has 0 spiro atoms. The second-order valence-corrected chi connectivity index (χ2v) is 11.5. The first-order valence-corrected chi connectivity index (χ1v) is 14.7. The molecule has 3 amide bonds. The van der Waals surface area contributed by atoms with E-state index in [9.17, 15) is 29.4 Å². The lowest BCUT2D eigenvalue weighted by atomic mass is 9.99. The highest BCUT2D eigenvalue weighted by atomic mass is 16.4. The number of aromatic hydroxyl groups is 1. The Hall–Kier alpha value is -5.17. The van der Waals surface area contributed by atoms with Gasteiger partial charge in [0.25, 0.3) is 0 Å². The molecule has 13 nitrogen and oxygen atoms in total. The lowest BCUT2D eigenvalue weighted by Gasteiger charge is -2.26. The van der Waals surface area contributed by atoms with Crippen molar-refractivity contribution in [2.24, 2.45) is 11.7 Å². The number of nitrogens with two attached hydrogens (primary N) is 1. The van der Waals surface area contributed by atoms with Gasteiger partial charge in [0.15, 0.2) is 0 Å². The number of rotatable bonds is 15. The van der Waals surface area contributed by atoms with Crippen molar-refractivity contribution in [2.45, 2.75) is 63.7 Å². The van der Waals surface area contributed by atoms with Crippen molar-refractivity contribution in [3.05, 3.63) is 84.1 Å². The molecule has 0 fully saturated rings. The minimum Gasteiger partial charge on any atom is -0.508 e. The Morgan fingerprint density at radius 2 is 1.51 bits per heavy atom. The van der Waals surface area contributed by atoms with E-state index in [0.29, 0.717) is 5.69 Å². The molecule has 9 N–H and O–H groups in total. The number of hydrogen-bond donors (Lipinski definition) is 8. The van der Waals surface area contributed by atoms with Crippen LogP contribution in [0.1, 0.15) is 37.1 Å². The summed E-state index contributed by atoms with van der Waals surface area (Å²) in [6, 6.07) is 9.41. The van der Waals surface area contributed by atoms with Gasteiger partial charge in [0.2, 0.25) is 17.7 Å². The number of para-hydroxylation sites is 1. The molecule has 0 saturated carbocycles. The number of carbonyl (C=O) groups excluding carboxylic acids is 3. The Kier molecular flexibility index (Phi) is 10.9. The number of benzene rings is 2. The molecule has 4 unspecified atom stereocenters. The molecule has 0 bridgehead atoms. The van der Waals surface area contributed by atoms with Crippen LogP contribution in [0.5, 0.6) is 5.75 Å². The molecule has 4 atom stereocenters. The zero-order valence-electron chi connectivity index (χ0n) is 25.1. The van der Waals surface area contributed by atoms with Crippen molar-refractivity contribution in [1.82, 2.24) is 30.9 Å². The molecule has 0 aliphatic carbocycles. The smallest absolute Gasteiger partial charge is 0.326 e. The molecule has 4 aromatic rings. The van der Waals surface area contributed by atoms with Gasteiger partial charge in [-0.1, -0.05) is 44.2 Å². The summed E-state index contributed by atoms with van der Waals surface area (Å²) in [5, 5.41) is 28.2. The Morgan fingerprint density at radius 3 is 2.18 bits per heavy atom. The summed E-state index contributed by atoms with van der Waals surface area (Å²) < 4.78 is 0. The number of aliphatic carboxylic acids is 1. The Bertz CT molecular complexity index is 1600. The Balaban J connectivity index is 1.53. The highest BCUT2D eigenvalue weighted by Gasteiger charge is 2.31. The van der Waals surface area contributed by atoms with Crippen LogP contribution < -0.4 is 21.7 Å². The maximum Gasteiger partial charge on any atom is 0.326 e. The standard InChI is InChI=1S/C32H39N7O6/c1-18(2)11-26(30(42)39-28(32(44)45)14-21-16-34-17-36-21)38-31(43)27(13-20-15-35-25-6-4-3-5-23(20)25)37-29(41)24(33)12-19-7-9-22(40)10-8-19/h3-10,15-18,24,26-28,35,40H,11-14,33H2,1-2H3,(H,34,36)(H,37,41)(H,38,43)(H,39,42)(H,44,45). The van der Waals surface area contributed by atoms with Gasteiger partial charge in [-0.3, -0.25) is 14.4 Å². The first-order chi connectivity index (χ1) is 21.5. The molecule has 4 rings (SSSR count). The number of H-pyrrole nitrogens is 2. The summed E-state index contributed by atoms with van der Waals surface area (Å²) in [5.74, 6) is -3.03. The summed E-state index contributed by atoms with van der Waals surface area (Å²) in [4.78, 5) is 62.3. The predicted molar refractivity (Wildman–Crippen MR) is 167 cm³/mol. The highest BCUT2D eigenvalue weighted by molar-refractivity contribution is 5.95. The fourth-order valence-electron chi connectivity index (χ4n) is 5.05. The van der Waals surface area contributed by atoms with Crippen molar-refractivity contribution in [1.29, 1.82) is 0 Å². The number of amides is 3. The molecular weight excluding hydrogens is 578 g/mol. The second kappa shape index (κ2) is 15.0. The quantitative estimate of drug-likeness (QED) is 0.0977. The third kappa shape index (κ3) is 9.16. The van der Waals surface area contributed by atoms with Crippen molar-refractivity contribution >= 4 is 34.6 Å². The first-order valence-electron chi connectivity index (χ1n) is 14.7. The molecule has 0 radical (unpaired) electrons. The van der Waals surface area contributed by atoms with Gasteiger partial charge in [-0.25, -0.2) is 9.78 Å². The summed E-state index contributed by atoms with van der Waals surface area (Å²) in [5.41, 5.74) is 9.10. The van der Waals surface area contributed by atoms with E-state index in [1.54, 1.807) is 18.3 Å². The van der Waals surface area contributed by atoms with Crippen LogP contribution >= 0.6 is 0 Å². The third-order valence-electron chi connectivity index (χ3n) is 7.39. The molecule has 45 heavy (non-hydrogen) atoms. The number of fused-ring (bicyclic) bond motifs is 1. The van der Waals surface area contributed by atoms with Crippen LogP contribution in [0.3, 0.4) is 0 Å². The fraction of sp³-hybridized carbons (Fsp3) is 0.344. The van der Waals surface area contributed by atoms with Crippen molar-refractivity contribution in [3.63, 3.8) is 0 Å². The average Bonchev–Trinajstić information content (AvgIpc) is 3.67. The second-order valence-electron chi connectivity index (χ2n) is 11.5. The van der Waals surface area contributed by atoms with Crippen molar-refractivity contribution in [3.8, 4) is 5.75 Å². The normalized spacial score (nSPS) is 14.0. The van der Waals surface area contributed by atoms with Gasteiger partial charge in [-0.2, -0.15) is 0 Å². The fourth-order valence-corrected chi connectivity index (χ4v) is 5.05. The third-order valence-corrected chi connectivity index (χ3v) is 7.39. The molecule has 0 aliphatic rings. The molecule has 2 aromatic carbocycles. The van der Waals surface area contributed by atoms with Crippen LogP contribution in [0.2, 0.25) is 0 Å². The van der Waals surface area contributed by atoms with Gasteiger partial charge in [0, 0.05) is 41.8 Å². The number of nitrogens with one attached hydrogen (secondary N) is 5. The summed E-state index contributed by atoms with van der Waals surface area (Å²) in [7, 11) is 0. The van der Waals surface area contributed by atoms with Crippen molar-refractivity contribution < 1.29 is 29.4 Å². The Morgan fingerprint density at radius 1 is 0.844 bits per heavy atom. The van der Waals surface area contributed by atoms with E-state index in [4.69, 9.17) is 5.73 Å². The maximum absolute atomic E-state index is 13.8. The molecule has 13 heteroatoms. The Labute approximate surface area is 260 Å². The predicted octanol–water partition coefficient (Wildman–Crippen LogP) is 1.54. The van der Waals surface area contributed by atoms with Crippen LogP contribution in [0.4, 0.5) is 0 Å². The number of phenols is 1. The number of imidazole rings is 1. The van der Waals surface area contributed by atoms with E-state index >= 15 is 0 Å². The average molecular weight is 618 g/mol. The lowest BCUT2D eigenvalue weighted by molar-refractivity contribution is -0.142. The van der Waals surface area contributed by atoms with E-state index in [-0.39, 0.29) is 37.4 Å². The van der Waals surface area contributed by atoms with Gasteiger partial charge in [-0.05, 0) is 48.1 Å². The highest BCUT2D eigenvalue weighted by Crippen LogP contribution is 2.20. The number of aromatic nitrogens is 3. The number of carboxylic acid groups (broad SMARTS) is 1. The first kappa shape index (κ1) is 32.7. The number of hydrogen-bond acceptors (Lipinski definition) is 7. The molecule has 0 aliphatic heterocycles. The minimum absolute atomic E-state index is 0.0262. The molecule has 0 saturated heterocycles. The van der Waals surface area contributed by atoms with Crippen LogP contribution in [-0.4, -0.2) is 73.0 Å². The van der Waals surface area contributed by atoms with Gasteiger partial charge >= 0.3 is 5.97 Å². The zero-order chi connectivity index (χ0) is 32.5. The topological polar surface area (TPSA) is 215 Å². The van der Waals surface area contributed by atoms with E-state index in [1.165, 1.54) is 24.7 Å². The molecule has 2 heterocycles. The van der Waals surface area contributed by atoms with Gasteiger partial charge in [0.05, 0.1) is 12.4 Å². The van der Waals surface area contributed by atoms with Gasteiger partial charge in [0.1, 0.15) is 23.9 Å². The summed E-state index contributed by atoms with van der Waals surface area (Å²) >= 11 is 0. The van der Waals surface area contributed by atoms with E-state index < -0.39 is 47.9 Å². The number of carboxylic acids is 1. The zero-order valence-corrected chi connectivity index (χ0v) is 25.1. The lowest BCUT2D eigenvalue weighted by Crippen LogP contribution is -2.58. The van der Waals surface area contributed by atoms with E-state index in [2.05, 4.69) is 30.9 Å². The number of aromatic amines is 2. The van der Waals surface area contributed by atoms with Gasteiger partial charge < -0.3 is 41.9 Å². The largest absolute Gasteiger partial charge is 0.508 e. The van der Waals surface area contributed by atoms with Crippen LogP contribution in [0, 0.1) is 5.92 Å². The van der Waals surface area contributed by atoms with Crippen LogP contribution in [0.15, 0.2) is 67.3 Å². The monoisotopic (exact) mass is 617 g/mol. The van der Waals surface area contributed by atoms with Crippen LogP contribution in [-0.2, 0) is 38.4 Å². The number of nitrogens with zero attached hydrogens (tertiary/aromatic N) is 1.